The maximum Gasteiger partial charge on any atom is 0.185 e. The van der Waals surface area contributed by atoms with Gasteiger partial charge in [0.1, 0.15) is 6.61 Å². The van der Waals surface area contributed by atoms with Gasteiger partial charge >= 0.3 is 0 Å². The van der Waals surface area contributed by atoms with Crippen LogP contribution in [-0.2, 0) is 0 Å². The number of allylic oxidation sites excluding steroid dienone is 1. The highest BCUT2D eigenvalue weighted by molar-refractivity contribution is 6.07. The molecule has 0 unspecified atom stereocenters. The fourth-order valence-electron chi connectivity index (χ4n) is 2.72. The molecule has 1 aliphatic rings. The molecule has 0 atom stereocenters. The lowest BCUT2D eigenvalue weighted by Crippen LogP contribution is -1.99. The molecule has 0 saturated carbocycles. The first-order valence-corrected chi connectivity index (χ1v) is 9.16. The summed E-state index contributed by atoms with van der Waals surface area (Å²) in [4.78, 5) is 12.5. The maximum absolute atomic E-state index is 12.5. The average Bonchev–Trinajstić information content (AvgIpc) is 2.96. The number of benzene rings is 2. The van der Waals surface area contributed by atoms with Gasteiger partial charge < -0.3 is 18.9 Å². The van der Waals surface area contributed by atoms with Crippen LogP contribution in [0.4, 0.5) is 0 Å². The number of fused-ring (bicyclic) bond motifs is 1. The van der Waals surface area contributed by atoms with E-state index in [1.807, 2.05) is 19.1 Å². The molecule has 0 amide bonds. The zero-order valence-corrected chi connectivity index (χ0v) is 15.8. The van der Waals surface area contributed by atoms with Crippen LogP contribution in [0.3, 0.4) is 0 Å². The Balaban J connectivity index is 1.75. The zero-order chi connectivity index (χ0) is 19.8. The second-order valence-corrected chi connectivity index (χ2v) is 6.04. The first-order valence-electron chi connectivity index (χ1n) is 9.16. The SMILES string of the molecule is C#CCOc1ccc(C=CC(=O)c2ccc3c(c2)OCCCO3)cc1OCC. The number of rotatable bonds is 7. The number of hydrogen-bond donors (Lipinski definition) is 0. The highest BCUT2D eigenvalue weighted by atomic mass is 16.5. The molecule has 1 heterocycles. The second kappa shape index (κ2) is 9.52. The molecule has 1 aliphatic heterocycles. The zero-order valence-electron chi connectivity index (χ0n) is 15.8. The summed E-state index contributed by atoms with van der Waals surface area (Å²) in [5, 5.41) is 0. The standard InChI is InChI=1S/C23H22O5/c1-3-12-26-20-10-7-17(15-22(20)25-4-2)6-9-19(24)18-8-11-21-23(16-18)28-14-5-13-27-21/h1,6-11,15-16H,4-5,12-14H2,2H3. The van der Waals surface area contributed by atoms with Crippen LogP contribution in [0, 0.1) is 12.3 Å². The predicted octanol–water partition coefficient (Wildman–Crippen LogP) is 4.15. The first-order chi connectivity index (χ1) is 13.7. The second-order valence-electron chi connectivity index (χ2n) is 6.04. The summed E-state index contributed by atoms with van der Waals surface area (Å²) >= 11 is 0. The van der Waals surface area contributed by atoms with Crippen molar-refractivity contribution in [3.8, 4) is 35.3 Å². The number of terminal acetylenes is 1. The van der Waals surface area contributed by atoms with E-state index in [1.165, 1.54) is 6.08 Å². The molecular weight excluding hydrogens is 356 g/mol. The monoisotopic (exact) mass is 378 g/mol. The highest BCUT2D eigenvalue weighted by Crippen LogP contribution is 2.31. The Morgan fingerprint density at radius 1 is 1.11 bits per heavy atom. The van der Waals surface area contributed by atoms with Crippen molar-refractivity contribution in [3.05, 3.63) is 53.6 Å². The van der Waals surface area contributed by atoms with Crippen molar-refractivity contribution in [2.24, 2.45) is 0 Å². The maximum atomic E-state index is 12.5. The van der Waals surface area contributed by atoms with Crippen molar-refractivity contribution in [2.75, 3.05) is 26.4 Å². The summed E-state index contributed by atoms with van der Waals surface area (Å²) in [5.41, 5.74) is 1.36. The van der Waals surface area contributed by atoms with Crippen LogP contribution in [0.5, 0.6) is 23.0 Å². The molecule has 0 fully saturated rings. The van der Waals surface area contributed by atoms with Crippen molar-refractivity contribution in [1.82, 2.24) is 0 Å². The van der Waals surface area contributed by atoms with Gasteiger partial charge in [-0.25, -0.2) is 0 Å². The van der Waals surface area contributed by atoms with Crippen LogP contribution in [0.2, 0.25) is 0 Å². The summed E-state index contributed by atoms with van der Waals surface area (Å²) in [6.45, 7) is 3.74. The molecule has 0 aliphatic carbocycles. The molecule has 2 aromatic rings. The molecule has 0 bridgehead atoms. The van der Waals surface area contributed by atoms with E-state index >= 15 is 0 Å². The van der Waals surface area contributed by atoms with Gasteiger partial charge in [0.05, 0.1) is 19.8 Å². The van der Waals surface area contributed by atoms with Crippen LogP contribution in [0.1, 0.15) is 29.3 Å². The van der Waals surface area contributed by atoms with Crippen molar-refractivity contribution in [2.45, 2.75) is 13.3 Å². The van der Waals surface area contributed by atoms with E-state index in [9.17, 15) is 4.79 Å². The topological polar surface area (TPSA) is 54.0 Å². The molecule has 0 spiro atoms. The Hall–Kier alpha value is -3.39. The molecule has 5 nitrogen and oxygen atoms in total. The minimum Gasteiger partial charge on any atom is -0.490 e. The van der Waals surface area contributed by atoms with Crippen molar-refractivity contribution < 1.29 is 23.7 Å². The van der Waals surface area contributed by atoms with E-state index in [0.29, 0.717) is 48.4 Å². The average molecular weight is 378 g/mol. The van der Waals surface area contributed by atoms with Gasteiger partial charge in [0.25, 0.3) is 0 Å². The fourth-order valence-corrected chi connectivity index (χ4v) is 2.72. The van der Waals surface area contributed by atoms with Gasteiger partial charge in [-0.2, -0.15) is 0 Å². The lowest BCUT2D eigenvalue weighted by molar-refractivity contribution is 0.104. The predicted molar refractivity (Wildman–Crippen MR) is 107 cm³/mol. The quantitative estimate of drug-likeness (QED) is 0.411. The van der Waals surface area contributed by atoms with Crippen molar-refractivity contribution in [3.63, 3.8) is 0 Å². The minimum atomic E-state index is -0.124. The Kier molecular flexibility index (Phi) is 6.59. The number of ketones is 1. The number of carbonyl (C=O) groups excluding carboxylic acids is 1. The summed E-state index contributed by atoms with van der Waals surface area (Å²) in [7, 11) is 0. The van der Waals surface area contributed by atoms with Crippen LogP contribution < -0.4 is 18.9 Å². The van der Waals surface area contributed by atoms with Gasteiger partial charge in [-0.15, -0.1) is 6.42 Å². The summed E-state index contributed by atoms with van der Waals surface area (Å²) < 4.78 is 22.3. The Bertz CT molecular complexity index is 908. The molecule has 0 aromatic heterocycles. The molecular formula is C23H22O5. The summed E-state index contributed by atoms with van der Waals surface area (Å²) in [6, 6.07) is 10.7. The van der Waals surface area contributed by atoms with Crippen molar-refractivity contribution in [1.29, 1.82) is 0 Å². The van der Waals surface area contributed by atoms with E-state index in [2.05, 4.69) is 5.92 Å². The Morgan fingerprint density at radius 2 is 1.93 bits per heavy atom. The number of ether oxygens (including phenoxy) is 4. The lowest BCUT2D eigenvalue weighted by atomic mass is 10.1. The van der Waals surface area contributed by atoms with Gasteiger partial charge in [0.15, 0.2) is 28.8 Å². The third-order valence-corrected chi connectivity index (χ3v) is 4.04. The third-order valence-electron chi connectivity index (χ3n) is 4.04. The summed E-state index contributed by atoms with van der Waals surface area (Å²) in [6.07, 6.45) is 9.31. The molecule has 2 aromatic carbocycles. The third kappa shape index (κ3) is 4.86. The number of hydrogen-bond acceptors (Lipinski definition) is 5. The smallest absolute Gasteiger partial charge is 0.185 e. The van der Waals surface area contributed by atoms with Crippen LogP contribution in [0.25, 0.3) is 6.08 Å². The first kappa shape index (κ1) is 19.4. The van der Waals surface area contributed by atoms with E-state index < -0.39 is 0 Å². The van der Waals surface area contributed by atoms with Gasteiger partial charge in [0.2, 0.25) is 0 Å². The molecule has 28 heavy (non-hydrogen) atoms. The van der Waals surface area contributed by atoms with E-state index in [4.69, 9.17) is 25.4 Å². The highest BCUT2D eigenvalue weighted by Gasteiger charge is 2.13. The van der Waals surface area contributed by atoms with E-state index in [-0.39, 0.29) is 12.4 Å². The molecule has 144 valence electrons. The molecule has 3 rings (SSSR count). The van der Waals surface area contributed by atoms with Crippen LogP contribution in [-0.4, -0.2) is 32.2 Å². The molecule has 0 N–H and O–H groups in total. The van der Waals surface area contributed by atoms with Gasteiger partial charge in [-0.3, -0.25) is 4.79 Å². The van der Waals surface area contributed by atoms with Gasteiger partial charge in [-0.05, 0) is 48.9 Å². The Morgan fingerprint density at radius 3 is 2.71 bits per heavy atom. The number of carbonyl (C=O) groups is 1. The molecule has 5 heteroatoms. The largest absolute Gasteiger partial charge is 0.490 e. The summed E-state index contributed by atoms with van der Waals surface area (Å²) in [5.74, 6) is 4.74. The van der Waals surface area contributed by atoms with Gasteiger partial charge in [-0.1, -0.05) is 18.1 Å². The fraction of sp³-hybridized carbons (Fsp3) is 0.261. The molecule has 0 saturated heterocycles. The minimum absolute atomic E-state index is 0.124. The normalized spacial score (nSPS) is 12.9. The molecule has 0 radical (unpaired) electrons. The van der Waals surface area contributed by atoms with E-state index in [1.54, 1.807) is 30.3 Å². The van der Waals surface area contributed by atoms with E-state index in [0.717, 1.165) is 12.0 Å². The van der Waals surface area contributed by atoms with Crippen molar-refractivity contribution >= 4 is 11.9 Å². The Labute approximate surface area is 164 Å². The van der Waals surface area contributed by atoms with Crippen LogP contribution in [0.15, 0.2) is 42.5 Å². The van der Waals surface area contributed by atoms with Crippen LogP contribution >= 0.6 is 0 Å². The lowest BCUT2D eigenvalue weighted by Gasteiger charge is -2.11. The van der Waals surface area contributed by atoms with Gasteiger partial charge in [0, 0.05) is 12.0 Å².